The second-order valence-electron chi connectivity index (χ2n) is 7.52. The first-order chi connectivity index (χ1) is 15.4. The summed E-state index contributed by atoms with van der Waals surface area (Å²) in [6.45, 7) is 1.90. The highest BCUT2D eigenvalue weighted by molar-refractivity contribution is 7.99. The Morgan fingerprint density at radius 2 is 2.00 bits per heavy atom. The number of aryl methyl sites for hydroxylation is 1. The lowest BCUT2D eigenvalue weighted by Gasteiger charge is -2.14. The van der Waals surface area contributed by atoms with E-state index in [9.17, 15) is 9.59 Å². The van der Waals surface area contributed by atoms with Gasteiger partial charge in [-0.2, -0.15) is 5.10 Å². The summed E-state index contributed by atoms with van der Waals surface area (Å²) in [6, 6.07) is 12.2. The molecule has 1 aliphatic heterocycles. The first-order valence-electron chi connectivity index (χ1n) is 9.86. The zero-order valence-corrected chi connectivity index (χ0v) is 19.2. The highest BCUT2D eigenvalue weighted by Gasteiger charge is 2.29. The summed E-state index contributed by atoms with van der Waals surface area (Å²) in [5.41, 5.74) is 2.60. The highest BCUT2D eigenvalue weighted by atomic mass is 35.5. The minimum absolute atomic E-state index is 0.157. The number of nitrogens with zero attached hydrogens (tertiary/aromatic N) is 4. The average molecular weight is 486 g/mol. The number of rotatable bonds is 4. The Bertz CT molecular complexity index is 1410. The number of hydrogen-bond acceptors (Lipinski definition) is 5. The van der Waals surface area contributed by atoms with Gasteiger partial charge < -0.3 is 5.32 Å². The smallest absolute Gasteiger partial charge is 0.265 e. The first kappa shape index (κ1) is 21.1. The topological polar surface area (TPSA) is 81.8 Å². The summed E-state index contributed by atoms with van der Waals surface area (Å²) in [5.74, 6) is 0.401. The molecule has 0 bridgehead atoms. The van der Waals surface area contributed by atoms with Crippen LogP contribution in [0.15, 0.2) is 58.6 Å². The van der Waals surface area contributed by atoms with E-state index in [-0.39, 0.29) is 23.9 Å². The third-order valence-corrected chi connectivity index (χ3v) is 7.08. The van der Waals surface area contributed by atoms with Crippen molar-refractivity contribution in [2.45, 2.75) is 24.5 Å². The van der Waals surface area contributed by atoms with E-state index in [1.807, 2.05) is 25.1 Å². The predicted octanol–water partition coefficient (Wildman–Crippen LogP) is 4.87. The Morgan fingerprint density at radius 1 is 1.22 bits per heavy atom. The van der Waals surface area contributed by atoms with Crippen LogP contribution in [0.3, 0.4) is 0 Å². The van der Waals surface area contributed by atoms with Crippen LogP contribution in [-0.2, 0) is 4.79 Å². The Balaban J connectivity index is 1.43. The molecule has 162 valence electrons. The van der Waals surface area contributed by atoms with Gasteiger partial charge in [0.15, 0.2) is 10.8 Å². The molecule has 0 fully saturated rings. The number of fused-ring (bicyclic) bond motifs is 2. The van der Waals surface area contributed by atoms with Crippen LogP contribution >= 0.6 is 35.0 Å². The van der Waals surface area contributed by atoms with Gasteiger partial charge >= 0.3 is 0 Å². The van der Waals surface area contributed by atoms with E-state index in [4.69, 9.17) is 23.2 Å². The Morgan fingerprint density at radius 3 is 2.75 bits per heavy atom. The van der Waals surface area contributed by atoms with Gasteiger partial charge in [0, 0.05) is 27.9 Å². The first-order valence-corrected chi connectivity index (χ1v) is 11.6. The van der Waals surface area contributed by atoms with E-state index in [0.29, 0.717) is 37.7 Å². The minimum atomic E-state index is -0.292. The molecule has 7 nitrogen and oxygen atoms in total. The fraction of sp³-hybridized carbons (Fsp3) is 0.182. The van der Waals surface area contributed by atoms with Crippen molar-refractivity contribution in [2.24, 2.45) is 0 Å². The molecule has 0 aliphatic carbocycles. The molecule has 1 N–H and O–H groups in total. The van der Waals surface area contributed by atoms with Gasteiger partial charge in [0.25, 0.3) is 5.56 Å². The molecule has 1 amide bonds. The summed E-state index contributed by atoms with van der Waals surface area (Å²) >= 11 is 13.6. The standard InChI is InChI=1S/C22H17Cl2N5O2S/c1-12-2-5-14(8-18(12)24)26-19(30)9-16-11-32-22-27-20-17(21(31)28(16)22)10-25-29(20)15-6-3-13(23)4-7-15/h2-8,10,16H,9,11H2,1H3,(H,26,30). The van der Waals surface area contributed by atoms with Gasteiger partial charge in [-0.25, -0.2) is 9.67 Å². The molecular formula is C22H17Cl2N5O2S. The summed E-state index contributed by atoms with van der Waals surface area (Å²) in [4.78, 5) is 30.6. The lowest BCUT2D eigenvalue weighted by molar-refractivity contribution is -0.116. The third-order valence-electron chi connectivity index (χ3n) is 5.32. The number of anilines is 1. The van der Waals surface area contributed by atoms with E-state index in [1.165, 1.54) is 18.0 Å². The molecule has 1 unspecified atom stereocenters. The quantitative estimate of drug-likeness (QED) is 0.416. The molecule has 3 heterocycles. The van der Waals surface area contributed by atoms with Gasteiger partial charge in [-0.15, -0.1) is 0 Å². The van der Waals surface area contributed by atoms with Crippen LogP contribution in [-0.4, -0.2) is 31.0 Å². The molecule has 2 aromatic heterocycles. The van der Waals surface area contributed by atoms with Gasteiger partial charge in [0.1, 0.15) is 5.39 Å². The third kappa shape index (κ3) is 3.79. The van der Waals surface area contributed by atoms with Gasteiger partial charge in [-0.3, -0.25) is 14.2 Å². The maximum Gasteiger partial charge on any atom is 0.265 e. The van der Waals surface area contributed by atoms with Gasteiger partial charge in [0.05, 0.1) is 17.9 Å². The molecule has 2 aromatic carbocycles. The molecule has 10 heteroatoms. The van der Waals surface area contributed by atoms with Crippen LogP contribution in [0.1, 0.15) is 18.0 Å². The average Bonchev–Trinajstić information content (AvgIpc) is 3.36. The predicted molar refractivity (Wildman–Crippen MR) is 127 cm³/mol. The number of hydrogen-bond donors (Lipinski definition) is 1. The van der Waals surface area contributed by atoms with Gasteiger partial charge in [-0.1, -0.05) is 41.0 Å². The van der Waals surface area contributed by atoms with Crippen molar-refractivity contribution in [1.29, 1.82) is 0 Å². The fourth-order valence-corrected chi connectivity index (χ4v) is 5.09. The Kier molecular flexibility index (Phi) is 5.44. The van der Waals surface area contributed by atoms with E-state index in [0.717, 1.165) is 11.3 Å². The molecule has 0 radical (unpaired) electrons. The van der Waals surface area contributed by atoms with Crippen molar-refractivity contribution >= 4 is 57.6 Å². The van der Waals surface area contributed by atoms with E-state index in [2.05, 4.69) is 15.4 Å². The summed E-state index contributed by atoms with van der Waals surface area (Å²) in [7, 11) is 0. The van der Waals surface area contributed by atoms with Crippen LogP contribution < -0.4 is 10.9 Å². The number of aromatic nitrogens is 4. The molecule has 4 aromatic rings. The van der Waals surface area contributed by atoms with Crippen molar-refractivity contribution in [3.63, 3.8) is 0 Å². The number of nitrogens with one attached hydrogen (secondary N) is 1. The maximum absolute atomic E-state index is 13.2. The SMILES string of the molecule is Cc1ccc(NC(=O)CC2CSc3nc4c(cnn4-c4ccc(Cl)cc4)c(=O)n32)cc1Cl. The maximum atomic E-state index is 13.2. The van der Waals surface area contributed by atoms with Gasteiger partial charge in [0.2, 0.25) is 5.91 Å². The second-order valence-corrected chi connectivity index (χ2v) is 9.35. The number of carbonyl (C=O) groups is 1. The van der Waals surface area contributed by atoms with Crippen molar-refractivity contribution in [2.75, 3.05) is 11.1 Å². The molecule has 0 spiro atoms. The minimum Gasteiger partial charge on any atom is -0.326 e. The molecule has 0 saturated carbocycles. The number of benzene rings is 2. The lowest BCUT2D eigenvalue weighted by Crippen LogP contribution is -2.27. The zero-order valence-electron chi connectivity index (χ0n) is 16.9. The lowest BCUT2D eigenvalue weighted by atomic mass is 10.2. The van der Waals surface area contributed by atoms with Gasteiger partial charge in [-0.05, 0) is 48.9 Å². The van der Waals surface area contributed by atoms with E-state index < -0.39 is 0 Å². The van der Waals surface area contributed by atoms with Crippen LogP contribution in [0.2, 0.25) is 10.0 Å². The van der Waals surface area contributed by atoms with E-state index in [1.54, 1.807) is 33.5 Å². The number of carbonyl (C=O) groups excluding carboxylic acids is 1. The molecular weight excluding hydrogens is 469 g/mol. The van der Waals surface area contributed by atoms with Crippen LogP contribution in [0.5, 0.6) is 0 Å². The van der Waals surface area contributed by atoms with Crippen molar-refractivity contribution < 1.29 is 4.79 Å². The molecule has 32 heavy (non-hydrogen) atoms. The van der Waals surface area contributed by atoms with Crippen molar-refractivity contribution in [3.8, 4) is 5.69 Å². The van der Waals surface area contributed by atoms with Crippen molar-refractivity contribution in [3.05, 3.63) is 74.6 Å². The van der Waals surface area contributed by atoms with E-state index >= 15 is 0 Å². The summed E-state index contributed by atoms with van der Waals surface area (Å²) in [5, 5.41) is 9.39. The molecule has 1 atom stereocenters. The number of thioether (sulfide) groups is 1. The molecule has 1 aliphatic rings. The number of amides is 1. The van der Waals surface area contributed by atoms with Crippen molar-refractivity contribution in [1.82, 2.24) is 19.3 Å². The molecule has 0 saturated heterocycles. The highest BCUT2D eigenvalue weighted by Crippen LogP contribution is 2.33. The summed E-state index contributed by atoms with van der Waals surface area (Å²) < 4.78 is 3.22. The normalized spacial score (nSPS) is 15.2. The largest absolute Gasteiger partial charge is 0.326 e. The Hall–Kier alpha value is -2.81. The zero-order chi connectivity index (χ0) is 22.4. The van der Waals surface area contributed by atoms with Crippen LogP contribution in [0.4, 0.5) is 5.69 Å². The van der Waals surface area contributed by atoms with Crippen LogP contribution in [0, 0.1) is 6.92 Å². The second kappa shape index (κ2) is 8.27. The summed E-state index contributed by atoms with van der Waals surface area (Å²) in [6.07, 6.45) is 1.67. The monoisotopic (exact) mass is 485 g/mol. The molecule has 5 rings (SSSR count). The van der Waals surface area contributed by atoms with Crippen LogP contribution in [0.25, 0.3) is 16.7 Å². The number of halogens is 2. The fourth-order valence-electron chi connectivity index (χ4n) is 3.65. The Labute approximate surface area is 197 Å².